The van der Waals surface area contributed by atoms with Crippen molar-refractivity contribution in [3.63, 3.8) is 0 Å². The van der Waals surface area contributed by atoms with Crippen LogP contribution in [-0.4, -0.2) is 43.5 Å². The molecule has 1 aromatic rings. The summed E-state index contributed by atoms with van der Waals surface area (Å²) in [4.78, 5) is 15.0. The summed E-state index contributed by atoms with van der Waals surface area (Å²) in [7, 11) is 0. The molecule has 0 radical (unpaired) electrons. The average Bonchev–Trinajstić information content (AvgIpc) is 2.53. The van der Waals surface area contributed by atoms with Gasteiger partial charge in [0.1, 0.15) is 5.82 Å². The number of nitrogens with zero attached hydrogens (tertiary/aromatic N) is 1. The Morgan fingerprint density at radius 1 is 1.21 bits per heavy atom. The van der Waals surface area contributed by atoms with Gasteiger partial charge in [0.2, 0.25) is 0 Å². The van der Waals surface area contributed by atoms with Gasteiger partial charge in [0, 0.05) is 37.3 Å². The number of ketones is 1. The number of carbonyl (C=O) groups excluding carboxylic acids is 1. The van der Waals surface area contributed by atoms with E-state index in [9.17, 15) is 9.18 Å². The lowest BCUT2D eigenvalue weighted by molar-refractivity contribution is -0.118. The zero-order chi connectivity index (χ0) is 17.2. The molecule has 24 heavy (non-hydrogen) atoms. The van der Waals surface area contributed by atoms with Crippen molar-refractivity contribution in [1.82, 2.24) is 4.90 Å². The van der Waals surface area contributed by atoms with E-state index in [1.54, 1.807) is 18.2 Å². The molecule has 0 amide bonds. The molecule has 1 N–H and O–H groups in total. The molecule has 130 valence electrons. The molecular formula is C19H25FN2O2. The lowest BCUT2D eigenvalue weighted by Gasteiger charge is -2.35. The number of para-hydroxylation sites is 1. The van der Waals surface area contributed by atoms with Gasteiger partial charge in [-0.2, -0.15) is 0 Å². The molecule has 0 unspecified atom stereocenters. The first-order valence-corrected chi connectivity index (χ1v) is 8.51. The number of ether oxygens (including phenoxy) is 1. The number of benzene rings is 1. The van der Waals surface area contributed by atoms with Crippen LogP contribution in [0.2, 0.25) is 0 Å². The highest BCUT2D eigenvalue weighted by atomic mass is 19.1. The lowest BCUT2D eigenvalue weighted by atomic mass is 9.75. The van der Waals surface area contributed by atoms with Gasteiger partial charge in [0.05, 0.1) is 18.9 Å². The highest BCUT2D eigenvalue weighted by Gasteiger charge is 2.34. The molecule has 1 aliphatic carbocycles. The van der Waals surface area contributed by atoms with Crippen LogP contribution in [0.5, 0.6) is 0 Å². The summed E-state index contributed by atoms with van der Waals surface area (Å²) < 4.78 is 19.4. The number of nitrogens with one attached hydrogen (secondary N) is 1. The minimum atomic E-state index is -0.299. The first-order chi connectivity index (χ1) is 11.4. The van der Waals surface area contributed by atoms with Crippen LogP contribution >= 0.6 is 0 Å². The second-order valence-electron chi connectivity index (χ2n) is 7.39. The average molecular weight is 332 g/mol. The van der Waals surface area contributed by atoms with Gasteiger partial charge in [0.25, 0.3) is 0 Å². The maximum atomic E-state index is 14.0. The van der Waals surface area contributed by atoms with E-state index in [1.807, 2.05) is 0 Å². The summed E-state index contributed by atoms with van der Waals surface area (Å²) in [6.07, 6.45) is 1.28. The second kappa shape index (κ2) is 7.03. The number of anilines is 1. The van der Waals surface area contributed by atoms with E-state index < -0.39 is 0 Å². The molecule has 2 aliphatic rings. The van der Waals surface area contributed by atoms with E-state index in [0.29, 0.717) is 31.9 Å². The van der Waals surface area contributed by atoms with Crippen molar-refractivity contribution < 1.29 is 13.9 Å². The minimum absolute atomic E-state index is 0.112. The Hall–Kier alpha value is -1.72. The first kappa shape index (κ1) is 17.1. The van der Waals surface area contributed by atoms with Crippen LogP contribution in [0.15, 0.2) is 35.5 Å². The third-order valence-corrected chi connectivity index (χ3v) is 4.64. The monoisotopic (exact) mass is 332 g/mol. The Labute approximate surface area is 142 Å². The Bertz CT molecular complexity index is 649. The Morgan fingerprint density at radius 3 is 2.62 bits per heavy atom. The fourth-order valence-electron chi connectivity index (χ4n) is 3.37. The predicted molar refractivity (Wildman–Crippen MR) is 92.3 cm³/mol. The molecule has 5 heteroatoms. The van der Waals surface area contributed by atoms with Gasteiger partial charge in [-0.25, -0.2) is 4.39 Å². The molecule has 1 fully saturated rings. The summed E-state index contributed by atoms with van der Waals surface area (Å²) in [5, 5.41) is 3.20. The van der Waals surface area contributed by atoms with Crippen molar-refractivity contribution in [3.8, 4) is 0 Å². The SMILES string of the molecule is CC1(C)CC(=O)C(CN2CCOCC2)=C(Nc2ccccc2F)C1. The zero-order valence-corrected chi connectivity index (χ0v) is 14.4. The molecule has 3 rings (SSSR count). The molecule has 0 saturated carbocycles. The predicted octanol–water partition coefficient (Wildman–Crippen LogP) is 3.21. The molecule has 1 heterocycles. The number of hydrogen-bond acceptors (Lipinski definition) is 4. The quantitative estimate of drug-likeness (QED) is 0.919. The van der Waals surface area contributed by atoms with Crippen molar-refractivity contribution in [2.75, 3.05) is 38.2 Å². The number of morpholine rings is 1. The molecule has 1 aromatic carbocycles. The Balaban J connectivity index is 1.88. The zero-order valence-electron chi connectivity index (χ0n) is 14.4. The standard InChI is InChI=1S/C19H25FN2O2/c1-19(2)11-17(21-16-6-4-3-5-15(16)20)14(18(23)12-19)13-22-7-9-24-10-8-22/h3-6,21H,7-13H2,1-2H3. The van der Waals surface area contributed by atoms with Gasteiger partial charge in [-0.05, 0) is 24.0 Å². The van der Waals surface area contributed by atoms with Crippen molar-refractivity contribution in [1.29, 1.82) is 0 Å². The fourth-order valence-corrected chi connectivity index (χ4v) is 3.37. The largest absolute Gasteiger partial charge is 0.379 e. The smallest absolute Gasteiger partial charge is 0.162 e. The number of rotatable bonds is 4. The molecule has 1 aliphatic heterocycles. The Kier molecular flexibility index (Phi) is 5.01. The van der Waals surface area contributed by atoms with Gasteiger partial charge in [-0.1, -0.05) is 26.0 Å². The van der Waals surface area contributed by atoms with Gasteiger partial charge < -0.3 is 10.1 Å². The fraction of sp³-hybridized carbons (Fsp3) is 0.526. The molecular weight excluding hydrogens is 307 g/mol. The first-order valence-electron chi connectivity index (χ1n) is 8.51. The highest BCUT2D eigenvalue weighted by molar-refractivity contribution is 5.98. The van der Waals surface area contributed by atoms with E-state index in [0.717, 1.165) is 30.8 Å². The molecule has 1 saturated heterocycles. The van der Waals surface area contributed by atoms with Crippen LogP contribution in [0.3, 0.4) is 0 Å². The van der Waals surface area contributed by atoms with Gasteiger partial charge >= 0.3 is 0 Å². The third-order valence-electron chi connectivity index (χ3n) is 4.64. The maximum absolute atomic E-state index is 14.0. The van der Waals surface area contributed by atoms with Crippen LogP contribution in [0.4, 0.5) is 10.1 Å². The molecule has 0 spiro atoms. The van der Waals surface area contributed by atoms with Gasteiger partial charge in [0.15, 0.2) is 5.78 Å². The van der Waals surface area contributed by atoms with E-state index in [2.05, 4.69) is 24.1 Å². The van der Waals surface area contributed by atoms with Gasteiger partial charge in [-0.15, -0.1) is 0 Å². The third kappa shape index (κ3) is 4.02. The number of carbonyl (C=O) groups is 1. The molecule has 0 bridgehead atoms. The van der Waals surface area contributed by atoms with Crippen molar-refractivity contribution in [2.24, 2.45) is 5.41 Å². The van der Waals surface area contributed by atoms with E-state index >= 15 is 0 Å². The van der Waals surface area contributed by atoms with Crippen LogP contribution in [-0.2, 0) is 9.53 Å². The van der Waals surface area contributed by atoms with Crippen molar-refractivity contribution in [3.05, 3.63) is 41.4 Å². The second-order valence-corrected chi connectivity index (χ2v) is 7.39. The topological polar surface area (TPSA) is 41.6 Å². The number of Topliss-reactive ketones (excluding diaryl/α,β-unsaturated/α-hetero) is 1. The van der Waals surface area contributed by atoms with Crippen molar-refractivity contribution in [2.45, 2.75) is 26.7 Å². The normalized spacial score (nSPS) is 21.9. The minimum Gasteiger partial charge on any atom is -0.379 e. The number of allylic oxidation sites excluding steroid dienone is 1. The van der Waals surface area contributed by atoms with E-state index in [1.165, 1.54) is 6.07 Å². The number of hydrogen-bond donors (Lipinski definition) is 1. The van der Waals surface area contributed by atoms with Gasteiger partial charge in [-0.3, -0.25) is 9.69 Å². The van der Waals surface area contributed by atoms with Crippen LogP contribution in [0.1, 0.15) is 26.7 Å². The maximum Gasteiger partial charge on any atom is 0.162 e. The molecule has 4 nitrogen and oxygen atoms in total. The number of halogens is 1. The highest BCUT2D eigenvalue weighted by Crippen LogP contribution is 2.37. The molecule has 0 aromatic heterocycles. The summed E-state index contributed by atoms with van der Waals surface area (Å²) in [6, 6.07) is 6.60. The summed E-state index contributed by atoms with van der Waals surface area (Å²) in [6.45, 7) is 7.82. The van der Waals surface area contributed by atoms with E-state index in [-0.39, 0.29) is 17.0 Å². The van der Waals surface area contributed by atoms with Crippen molar-refractivity contribution >= 4 is 11.5 Å². The van der Waals surface area contributed by atoms with Crippen LogP contribution < -0.4 is 5.32 Å². The Morgan fingerprint density at radius 2 is 1.92 bits per heavy atom. The van der Waals surface area contributed by atoms with Crippen LogP contribution in [0.25, 0.3) is 0 Å². The molecule has 0 atom stereocenters. The summed E-state index contributed by atoms with van der Waals surface area (Å²) >= 11 is 0. The summed E-state index contributed by atoms with van der Waals surface area (Å²) in [5.41, 5.74) is 1.96. The van der Waals surface area contributed by atoms with Crippen LogP contribution in [0, 0.1) is 11.2 Å². The van der Waals surface area contributed by atoms with E-state index in [4.69, 9.17) is 4.74 Å². The summed E-state index contributed by atoms with van der Waals surface area (Å²) in [5.74, 6) is -0.136. The lowest BCUT2D eigenvalue weighted by Crippen LogP contribution is -2.40.